The van der Waals surface area contributed by atoms with Crippen LogP contribution >= 0.6 is 0 Å². The van der Waals surface area contributed by atoms with Crippen LogP contribution in [0.2, 0.25) is 0 Å². The van der Waals surface area contributed by atoms with E-state index in [0.717, 1.165) is 6.42 Å². The summed E-state index contributed by atoms with van der Waals surface area (Å²) in [5.41, 5.74) is 0. The van der Waals surface area contributed by atoms with Crippen molar-refractivity contribution < 1.29 is 19.3 Å². The predicted molar refractivity (Wildman–Crippen MR) is 54.4 cm³/mol. The van der Waals surface area contributed by atoms with Gasteiger partial charge in [-0.2, -0.15) is 0 Å². The average molecular weight is 216 g/mol. The molecule has 0 aliphatic carbocycles. The molecule has 1 N–H and O–H groups in total. The number of aliphatic hydroxyl groups is 1. The Morgan fingerprint density at radius 3 is 2.80 bits per heavy atom. The smallest absolute Gasteiger partial charge is 0.166 e. The maximum Gasteiger partial charge on any atom is 0.166 e. The number of rotatable bonds is 2. The molecule has 2 fully saturated rings. The predicted octanol–water partition coefficient (Wildman–Crippen LogP) is 0.924. The van der Waals surface area contributed by atoms with Gasteiger partial charge in [0, 0.05) is 6.42 Å². The summed E-state index contributed by atoms with van der Waals surface area (Å²) < 4.78 is 16.9. The molecule has 0 spiro atoms. The van der Waals surface area contributed by atoms with Crippen molar-refractivity contribution in [2.75, 3.05) is 13.2 Å². The van der Waals surface area contributed by atoms with Crippen LogP contribution in [0.1, 0.15) is 27.2 Å². The van der Waals surface area contributed by atoms with E-state index < -0.39 is 11.9 Å². The fourth-order valence-corrected chi connectivity index (χ4v) is 2.39. The molecule has 0 radical (unpaired) electrons. The Kier molecular flexibility index (Phi) is 3.03. The first-order valence-corrected chi connectivity index (χ1v) is 5.61. The van der Waals surface area contributed by atoms with E-state index in [-0.39, 0.29) is 12.2 Å². The number of aliphatic hydroxyl groups excluding tert-OH is 1. The third-order valence-electron chi connectivity index (χ3n) is 2.94. The normalized spacial score (nSPS) is 45.8. The molecule has 88 valence electrons. The molecule has 0 amide bonds. The molecular weight excluding hydrogens is 196 g/mol. The van der Waals surface area contributed by atoms with Crippen LogP contribution in [0.4, 0.5) is 0 Å². The minimum atomic E-state index is -0.565. The number of ether oxygens (including phenoxy) is 3. The lowest BCUT2D eigenvalue weighted by molar-refractivity contribution is -0.314. The number of hydrogen-bond acceptors (Lipinski definition) is 4. The number of hydrogen-bond donors (Lipinski definition) is 1. The summed E-state index contributed by atoms with van der Waals surface area (Å²) in [5.74, 6) is -0.0599. The van der Waals surface area contributed by atoms with Crippen molar-refractivity contribution in [3.8, 4) is 0 Å². The van der Waals surface area contributed by atoms with E-state index in [1.165, 1.54) is 0 Å². The van der Waals surface area contributed by atoms with Gasteiger partial charge in [0.05, 0.1) is 13.2 Å². The highest BCUT2D eigenvalue weighted by Gasteiger charge is 2.47. The first-order chi connectivity index (χ1) is 7.00. The zero-order valence-electron chi connectivity index (χ0n) is 9.60. The summed E-state index contributed by atoms with van der Waals surface area (Å²) in [6.07, 6.45) is 0.0104. The van der Waals surface area contributed by atoms with E-state index >= 15 is 0 Å². The average Bonchev–Trinajstić information content (AvgIpc) is 2.46. The SMILES string of the molecule is CC(C)C[C@]1(C)OC[C@H]2OC[C@H](O)[C@H]2O1. The van der Waals surface area contributed by atoms with Gasteiger partial charge in [0.15, 0.2) is 5.79 Å². The quantitative estimate of drug-likeness (QED) is 0.745. The van der Waals surface area contributed by atoms with Crippen molar-refractivity contribution in [3.63, 3.8) is 0 Å². The molecule has 0 aromatic carbocycles. The van der Waals surface area contributed by atoms with Crippen molar-refractivity contribution >= 4 is 0 Å². The van der Waals surface area contributed by atoms with Crippen molar-refractivity contribution in [3.05, 3.63) is 0 Å². The lowest BCUT2D eigenvalue weighted by Crippen LogP contribution is -2.51. The van der Waals surface area contributed by atoms with E-state index in [9.17, 15) is 5.11 Å². The van der Waals surface area contributed by atoms with Crippen LogP contribution in [0.25, 0.3) is 0 Å². The zero-order valence-corrected chi connectivity index (χ0v) is 9.60. The third kappa shape index (κ3) is 2.33. The van der Waals surface area contributed by atoms with Crippen LogP contribution in [0, 0.1) is 5.92 Å². The van der Waals surface area contributed by atoms with Gasteiger partial charge in [0.1, 0.15) is 18.3 Å². The minimum Gasteiger partial charge on any atom is -0.388 e. The molecule has 2 aliphatic rings. The molecule has 0 saturated carbocycles. The summed E-state index contributed by atoms with van der Waals surface area (Å²) in [7, 11) is 0. The fourth-order valence-electron chi connectivity index (χ4n) is 2.39. The first-order valence-electron chi connectivity index (χ1n) is 5.61. The van der Waals surface area contributed by atoms with Crippen LogP contribution in [0.15, 0.2) is 0 Å². The van der Waals surface area contributed by atoms with Crippen molar-refractivity contribution in [1.82, 2.24) is 0 Å². The molecule has 0 unspecified atom stereocenters. The first kappa shape index (κ1) is 11.3. The highest BCUT2D eigenvalue weighted by Crippen LogP contribution is 2.34. The Morgan fingerprint density at radius 2 is 2.13 bits per heavy atom. The molecule has 2 rings (SSSR count). The maximum absolute atomic E-state index is 9.69. The van der Waals surface area contributed by atoms with Gasteiger partial charge in [-0.25, -0.2) is 0 Å². The fraction of sp³-hybridized carbons (Fsp3) is 1.00. The van der Waals surface area contributed by atoms with Gasteiger partial charge < -0.3 is 19.3 Å². The highest BCUT2D eigenvalue weighted by molar-refractivity contribution is 4.90. The molecule has 2 saturated heterocycles. The van der Waals surface area contributed by atoms with Crippen LogP contribution in [-0.2, 0) is 14.2 Å². The zero-order chi connectivity index (χ0) is 11.1. The Labute approximate surface area is 90.5 Å². The molecule has 0 aromatic heterocycles. The van der Waals surface area contributed by atoms with E-state index in [4.69, 9.17) is 14.2 Å². The molecule has 4 atom stereocenters. The molecule has 15 heavy (non-hydrogen) atoms. The summed E-state index contributed by atoms with van der Waals surface area (Å²) >= 11 is 0. The molecule has 2 heterocycles. The summed E-state index contributed by atoms with van der Waals surface area (Å²) in [4.78, 5) is 0. The lowest BCUT2D eigenvalue weighted by atomic mass is 10.0. The molecular formula is C11H20O4. The minimum absolute atomic E-state index is 0.0970. The van der Waals surface area contributed by atoms with E-state index in [0.29, 0.717) is 19.1 Å². The molecule has 4 heteroatoms. The van der Waals surface area contributed by atoms with Crippen LogP contribution in [0.5, 0.6) is 0 Å². The summed E-state index contributed by atoms with van der Waals surface area (Å²) in [6, 6.07) is 0. The van der Waals surface area contributed by atoms with Crippen molar-refractivity contribution in [2.24, 2.45) is 5.92 Å². The van der Waals surface area contributed by atoms with Crippen LogP contribution in [-0.4, -0.2) is 42.4 Å². The van der Waals surface area contributed by atoms with Gasteiger partial charge in [-0.1, -0.05) is 13.8 Å². The number of fused-ring (bicyclic) bond motifs is 1. The van der Waals surface area contributed by atoms with E-state index in [1.54, 1.807) is 0 Å². The Balaban J connectivity index is 2.00. The maximum atomic E-state index is 9.69. The molecule has 2 aliphatic heterocycles. The standard InChI is InChI=1S/C11H20O4/c1-7(2)4-11(3)14-6-9-10(15-11)8(12)5-13-9/h7-10,12H,4-6H2,1-3H3/t8-,9+,10+,11+/m0/s1. The van der Waals surface area contributed by atoms with Crippen LogP contribution in [0.3, 0.4) is 0 Å². The topological polar surface area (TPSA) is 47.9 Å². The largest absolute Gasteiger partial charge is 0.388 e. The summed E-state index contributed by atoms with van der Waals surface area (Å²) in [6.45, 7) is 7.08. The second-order valence-corrected chi connectivity index (χ2v) is 5.06. The Bertz CT molecular complexity index is 231. The van der Waals surface area contributed by atoms with Gasteiger partial charge in [-0.15, -0.1) is 0 Å². The monoisotopic (exact) mass is 216 g/mol. The summed E-state index contributed by atoms with van der Waals surface area (Å²) in [5, 5.41) is 9.69. The molecule has 0 bridgehead atoms. The van der Waals surface area contributed by atoms with E-state index in [2.05, 4.69) is 13.8 Å². The Hall–Kier alpha value is -0.160. The van der Waals surface area contributed by atoms with E-state index in [1.807, 2.05) is 6.92 Å². The van der Waals surface area contributed by atoms with Gasteiger partial charge in [-0.05, 0) is 12.8 Å². The molecule has 4 nitrogen and oxygen atoms in total. The highest BCUT2D eigenvalue weighted by atomic mass is 16.7. The third-order valence-corrected chi connectivity index (χ3v) is 2.94. The van der Waals surface area contributed by atoms with Gasteiger partial charge >= 0.3 is 0 Å². The second kappa shape index (κ2) is 4.01. The van der Waals surface area contributed by atoms with Crippen molar-refractivity contribution in [1.29, 1.82) is 0 Å². The lowest BCUT2D eigenvalue weighted by Gasteiger charge is -2.41. The van der Waals surface area contributed by atoms with Gasteiger partial charge in [-0.3, -0.25) is 0 Å². The van der Waals surface area contributed by atoms with Crippen molar-refractivity contribution in [2.45, 2.75) is 51.3 Å². The van der Waals surface area contributed by atoms with Gasteiger partial charge in [0.25, 0.3) is 0 Å². The van der Waals surface area contributed by atoms with Crippen LogP contribution < -0.4 is 0 Å². The van der Waals surface area contributed by atoms with Gasteiger partial charge in [0.2, 0.25) is 0 Å². The second-order valence-electron chi connectivity index (χ2n) is 5.06. The Morgan fingerprint density at radius 1 is 1.40 bits per heavy atom. The molecule has 0 aromatic rings.